The SMILES string of the molecule is CC(C)CCCCCCCCCCCCCCOC(=O)CCCCC(=O)OCCCCCCCCCCCCCCC(C)C. The first-order valence-electron chi connectivity index (χ1n) is 19.7. The van der Waals surface area contributed by atoms with Crippen LogP contribution in [0.15, 0.2) is 0 Å². The van der Waals surface area contributed by atoms with Gasteiger partial charge in [0.15, 0.2) is 0 Å². The van der Waals surface area contributed by atoms with Crippen molar-refractivity contribution in [3.63, 3.8) is 0 Å². The number of carbonyl (C=O) groups excluding carboxylic acids is 2. The Morgan fingerprint density at radius 3 is 0.818 bits per heavy atom. The summed E-state index contributed by atoms with van der Waals surface area (Å²) in [6.45, 7) is 10.3. The van der Waals surface area contributed by atoms with Crippen LogP contribution < -0.4 is 0 Å². The second-order valence-corrected chi connectivity index (χ2v) is 14.5. The van der Waals surface area contributed by atoms with Gasteiger partial charge in [0.25, 0.3) is 0 Å². The molecule has 0 N–H and O–H groups in total. The normalized spacial score (nSPS) is 11.5. The number of rotatable bonds is 35. The summed E-state index contributed by atoms with van der Waals surface area (Å²) in [6.07, 6.45) is 36.6. The highest BCUT2D eigenvalue weighted by atomic mass is 16.5. The second-order valence-electron chi connectivity index (χ2n) is 14.5. The first-order chi connectivity index (χ1) is 21.4. The summed E-state index contributed by atoms with van der Waals surface area (Å²) in [7, 11) is 0. The van der Waals surface area contributed by atoms with Crippen molar-refractivity contribution < 1.29 is 19.1 Å². The number of ether oxygens (including phenoxy) is 2. The number of hydrogen-bond acceptors (Lipinski definition) is 4. The lowest BCUT2D eigenvalue weighted by Gasteiger charge is -2.07. The van der Waals surface area contributed by atoms with E-state index < -0.39 is 0 Å². The van der Waals surface area contributed by atoms with E-state index in [2.05, 4.69) is 27.7 Å². The van der Waals surface area contributed by atoms with Gasteiger partial charge in [0, 0.05) is 12.8 Å². The predicted octanol–water partition coefficient (Wildman–Crippen LogP) is 13.1. The molecule has 0 spiro atoms. The van der Waals surface area contributed by atoms with Gasteiger partial charge in [-0.2, -0.15) is 0 Å². The molecule has 0 unspecified atom stereocenters. The van der Waals surface area contributed by atoms with Gasteiger partial charge in [0.05, 0.1) is 13.2 Å². The maximum atomic E-state index is 11.9. The summed E-state index contributed by atoms with van der Waals surface area (Å²) in [5.74, 6) is 1.46. The lowest BCUT2D eigenvalue weighted by atomic mass is 10.0. The zero-order valence-corrected chi connectivity index (χ0v) is 30.4. The van der Waals surface area contributed by atoms with E-state index in [1.165, 1.54) is 141 Å². The van der Waals surface area contributed by atoms with Gasteiger partial charge in [-0.25, -0.2) is 0 Å². The van der Waals surface area contributed by atoms with E-state index in [1.54, 1.807) is 0 Å². The molecule has 0 bridgehead atoms. The fourth-order valence-electron chi connectivity index (χ4n) is 5.90. The molecule has 0 heterocycles. The number of unbranched alkanes of at least 4 members (excludes halogenated alkanes) is 23. The first-order valence-corrected chi connectivity index (χ1v) is 19.7. The van der Waals surface area contributed by atoms with Crippen LogP contribution in [-0.2, 0) is 19.1 Å². The highest BCUT2D eigenvalue weighted by Crippen LogP contribution is 2.16. The van der Waals surface area contributed by atoms with Crippen LogP contribution in [0, 0.1) is 11.8 Å². The number of carbonyl (C=O) groups is 2. The van der Waals surface area contributed by atoms with Gasteiger partial charge in [-0.15, -0.1) is 0 Å². The molecule has 0 saturated carbocycles. The fourth-order valence-corrected chi connectivity index (χ4v) is 5.90. The molecule has 0 aromatic carbocycles. The molecule has 4 heteroatoms. The Bertz CT molecular complexity index is 548. The summed E-state index contributed by atoms with van der Waals surface area (Å²) in [5.41, 5.74) is 0. The third kappa shape index (κ3) is 37.1. The van der Waals surface area contributed by atoms with Crippen molar-refractivity contribution in [2.75, 3.05) is 13.2 Å². The smallest absolute Gasteiger partial charge is 0.305 e. The maximum absolute atomic E-state index is 11.9. The Kier molecular flexibility index (Phi) is 34.0. The van der Waals surface area contributed by atoms with Gasteiger partial charge in [0.1, 0.15) is 0 Å². The Hall–Kier alpha value is -1.06. The van der Waals surface area contributed by atoms with Crippen molar-refractivity contribution in [2.24, 2.45) is 11.8 Å². The number of esters is 2. The van der Waals surface area contributed by atoms with Crippen LogP contribution in [0.4, 0.5) is 0 Å². The molecule has 4 nitrogen and oxygen atoms in total. The molecular formula is C40H78O4. The lowest BCUT2D eigenvalue weighted by molar-refractivity contribution is -0.146. The van der Waals surface area contributed by atoms with Crippen molar-refractivity contribution in [1.29, 1.82) is 0 Å². The van der Waals surface area contributed by atoms with Gasteiger partial charge in [-0.1, -0.05) is 182 Å². The van der Waals surface area contributed by atoms with Crippen LogP contribution in [-0.4, -0.2) is 25.2 Å². The molecule has 0 aliphatic rings. The minimum Gasteiger partial charge on any atom is -0.466 e. The summed E-state index contributed by atoms with van der Waals surface area (Å²) in [4.78, 5) is 23.9. The zero-order chi connectivity index (χ0) is 32.4. The molecule has 44 heavy (non-hydrogen) atoms. The van der Waals surface area contributed by atoms with E-state index in [1.807, 2.05) is 0 Å². The highest BCUT2D eigenvalue weighted by Gasteiger charge is 2.06. The van der Waals surface area contributed by atoms with Crippen molar-refractivity contribution >= 4 is 11.9 Å². The van der Waals surface area contributed by atoms with Crippen molar-refractivity contribution in [1.82, 2.24) is 0 Å². The summed E-state index contributed by atoms with van der Waals surface area (Å²) in [6, 6.07) is 0. The Labute approximate surface area is 276 Å². The lowest BCUT2D eigenvalue weighted by Crippen LogP contribution is -2.08. The molecule has 0 radical (unpaired) electrons. The summed E-state index contributed by atoms with van der Waals surface area (Å²) < 4.78 is 10.7. The van der Waals surface area contributed by atoms with E-state index in [0.29, 0.717) is 38.9 Å². The molecule has 0 aromatic heterocycles. The van der Waals surface area contributed by atoms with Crippen LogP contribution in [0.1, 0.15) is 220 Å². The predicted molar refractivity (Wildman–Crippen MR) is 190 cm³/mol. The molecule has 0 saturated heterocycles. The first kappa shape index (κ1) is 42.9. The molecule has 0 rings (SSSR count). The maximum Gasteiger partial charge on any atom is 0.305 e. The van der Waals surface area contributed by atoms with Gasteiger partial charge in [-0.3, -0.25) is 9.59 Å². The molecule has 0 amide bonds. The fraction of sp³-hybridized carbons (Fsp3) is 0.950. The quantitative estimate of drug-likeness (QED) is 0.0521. The molecule has 0 aliphatic heterocycles. The average Bonchev–Trinajstić information content (AvgIpc) is 2.99. The van der Waals surface area contributed by atoms with Crippen LogP contribution in [0.25, 0.3) is 0 Å². The summed E-state index contributed by atoms with van der Waals surface area (Å²) in [5, 5.41) is 0. The van der Waals surface area contributed by atoms with Crippen molar-refractivity contribution in [3.8, 4) is 0 Å². The monoisotopic (exact) mass is 623 g/mol. The molecular weight excluding hydrogens is 544 g/mol. The van der Waals surface area contributed by atoms with Crippen molar-refractivity contribution in [3.05, 3.63) is 0 Å². The Morgan fingerprint density at radius 2 is 0.568 bits per heavy atom. The molecule has 0 aromatic rings. The van der Waals surface area contributed by atoms with Crippen LogP contribution in [0.3, 0.4) is 0 Å². The molecule has 0 aliphatic carbocycles. The molecule has 0 atom stereocenters. The van der Waals surface area contributed by atoms with Gasteiger partial charge >= 0.3 is 11.9 Å². The third-order valence-electron chi connectivity index (χ3n) is 8.89. The third-order valence-corrected chi connectivity index (χ3v) is 8.89. The largest absolute Gasteiger partial charge is 0.466 e. The topological polar surface area (TPSA) is 52.6 Å². The van der Waals surface area contributed by atoms with Gasteiger partial charge in [0.2, 0.25) is 0 Å². The molecule has 262 valence electrons. The van der Waals surface area contributed by atoms with E-state index in [-0.39, 0.29) is 11.9 Å². The average molecular weight is 623 g/mol. The van der Waals surface area contributed by atoms with Crippen LogP contribution in [0.5, 0.6) is 0 Å². The van der Waals surface area contributed by atoms with E-state index in [0.717, 1.165) is 37.5 Å². The van der Waals surface area contributed by atoms with Crippen molar-refractivity contribution in [2.45, 2.75) is 220 Å². The standard InChI is InChI=1S/C40H78O4/c1-37(2)31-25-21-17-13-9-5-7-11-15-19-23-29-35-43-39(41)33-27-28-34-40(42)44-36-30-24-20-16-12-8-6-10-14-18-22-26-32-38(3)4/h37-38H,5-36H2,1-4H3. The molecule has 0 fully saturated rings. The van der Waals surface area contributed by atoms with Gasteiger partial charge < -0.3 is 9.47 Å². The highest BCUT2D eigenvalue weighted by molar-refractivity contribution is 5.70. The van der Waals surface area contributed by atoms with Gasteiger partial charge in [-0.05, 0) is 37.5 Å². The van der Waals surface area contributed by atoms with Crippen LogP contribution >= 0.6 is 0 Å². The summed E-state index contributed by atoms with van der Waals surface area (Å²) >= 11 is 0. The Balaban J connectivity index is 3.27. The Morgan fingerprint density at radius 1 is 0.341 bits per heavy atom. The van der Waals surface area contributed by atoms with E-state index in [4.69, 9.17) is 9.47 Å². The zero-order valence-electron chi connectivity index (χ0n) is 30.4. The second kappa shape index (κ2) is 34.8. The van der Waals surface area contributed by atoms with E-state index >= 15 is 0 Å². The minimum atomic E-state index is -0.125. The van der Waals surface area contributed by atoms with Crippen LogP contribution in [0.2, 0.25) is 0 Å². The minimum absolute atomic E-state index is 0.125. The van der Waals surface area contributed by atoms with E-state index in [9.17, 15) is 9.59 Å². The number of hydrogen-bond donors (Lipinski definition) is 0.